The van der Waals surface area contributed by atoms with E-state index in [-0.39, 0.29) is 0 Å². The van der Waals surface area contributed by atoms with Crippen molar-refractivity contribution in [2.24, 2.45) is 0 Å². The van der Waals surface area contributed by atoms with Gasteiger partial charge in [0.15, 0.2) is 17.5 Å². The van der Waals surface area contributed by atoms with Gasteiger partial charge in [-0.25, -0.2) is 15.0 Å². The van der Waals surface area contributed by atoms with Crippen LogP contribution in [0.2, 0.25) is 0 Å². The van der Waals surface area contributed by atoms with Gasteiger partial charge in [-0.05, 0) is 77.5 Å². The molecule has 10 rings (SSSR count). The number of hydrogen-bond acceptors (Lipinski definition) is 3. The highest BCUT2D eigenvalue weighted by atomic mass is 15.0. The summed E-state index contributed by atoms with van der Waals surface area (Å²) in [6, 6.07) is 66.5. The maximum atomic E-state index is 5.15. The van der Waals surface area contributed by atoms with E-state index in [9.17, 15) is 0 Å². The second-order valence-electron chi connectivity index (χ2n) is 13.2. The number of rotatable bonds is 5. The van der Waals surface area contributed by atoms with Crippen LogP contribution in [0.1, 0.15) is 0 Å². The predicted molar refractivity (Wildman–Crippen MR) is 217 cm³/mol. The molecule has 0 saturated carbocycles. The third kappa shape index (κ3) is 5.28. The Bertz CT molecular complexity index is 2940. The zero-order valence-electron chi connectivity index (χ0n) is 28.2. The van der Waals surface area contributed by atoms with Crippen LogP contribution in [0, 0.1) is 0 Å². The zero-order chi connectivity index (χ0) is 34.4. The van der Waals surface area contributed by atoms with Gasteiger partial charge in [0, 0.05) is 16.7 Å². The number of fused-ring (bicyclic) bond motifs is 6. The van der Waals surface area contributed by atoms with E-state index in [0.717, 1.165) is 33.4 Å². The zero-order valence-corrected chi connectivity index (χ0v) is 28.2. The number of nitrogens with zero attached hydrogens (tertiary/aromatic N) is 3. The highest BCUT2D eigenvalue weighted by molar-refractivity contribution is 6.17. The molecule has 52 heavy (non-hydrogen) atoms. The normalized spacial score (nSPS) is 11.5. The molecule has 10 aromatic rings. The Balaban J connectivity index is 1.13. The Morgan fingerprint density at radius 1 is 0.231 bits per heavy atom. The molecule has 9 aromatic carbocycles. The Labute approximate surface area is 301 Å². The van der Waals surface area contributed by atoms with Crippen molar-refractivity contribution in [2.45, 2.75) is 0 Å². The summed E-state index contributed by atoms with van der Waals surface area (Å²) in [5.74, 6) is 1.92. The van der Waals surface area contributed by atoms with E-state index in [1.807, 2.05) is 6.07 Å². The van der Waals surface area contributed by atoms with Crippen LogP contribution in [0.3, 0.4) is 0 Å². The maximum absolute atomic E-state index is 5.15. The smallest absolute Gasteiger partial charge is 0.164 e. The average Bonchev–Trinajstić information content (AvgIpc) is 3.23. The van der Waals surface area contributed by atoms with Crippen molar-refractivity contribution in [1.29, 1.82) is 0 Å². The number of hydrogen-bond donors (Lipinski definition) is 0. The molecule has 0 fully saturated rings. The summed E-state index contributed by atoms with van der Waals surface area (Å²) in [4.78, 5) is 15.4. The molecule has 0 amide bonds. The second-order valence-corrected chi connectivity index (χ2v) is 13.2. The van der Waals surface area contributed by atoms with E-state index >= 15 is 0 Å². The minimum atomic E-state index is 0.638. The van der Waals surface area contributed by atoms with E-state index in [2.05, 4.69) is 182 Å². The third-order valence-electron chi connectivity index (χ3n) is 10.1. The first-order valence-corrected chi connectivity index (χ1v) is 17.6. The van der Waals surface area contributed by atoms with Gasteiger partial charge in [-0.15, -0.1) is 0 Å². The fourth-order valence-electron chi connectivity index (χ4n) is 7.46. The quantitative estimate of drug-likeness (QED) is 0.172. The Morgan fingerprint density at radius 3 is 1.48 bits per heavy atom. The van der Waals surface area contributed by atoms with Gasteiger partial charge in [0.25, 0.3) is 0 Å². The standard InChI is InChI=1S/C49H31N3/c1-2-10-32(11-3-1)38-15-8-16-39(30-38)48-50-47(37-23-20-35(21-24-37)42-19-9-14-33-12-4-6-17-41(33)42)51-49(52-48)40-25-22-36-27-28-44-43-18-7-5-13-34(43)26-29-45(44)46(36)31-40/h1-31H. The molecule has 0 bridgehead atoms. The van der Waals surface area contributed by atoms with Crippen molar-refractivity contribution in [1.82, 2.24) is 15.0 Å². The van der Waals surface area contributed by atoms with E-state index in [1.165, 1.54) is 48.7 Å². The van der Waals surface area contributed by atoms with Crippen molar-refractivity contribution in [2.75, 3.05) is 0 Å². The third-order valence-corrected chi connectivity index (χ3v) is 10.1. The lowest BCUT2D eigenvalue weighted by molar-refractivity contribution is 1.07. The average molecular weight is 662 g/mol. The molecule has 0 spiro atoms. The summed E-state index contributed by atoms with van der Waals surface area (Å²) < 4.78 is 0. The molecule has 0 N–H and O–H groups in total. The van der Waals surface area contributed by atoms with Crippen molar-refractivity contribution in [3.8, 4) is 56.4 Å². The lowest BCUT2D eigenvalue weighted by Crippen LogP contribution is -2.00. The van der Waals surface area contributed by atoms with Gasteiger partial charge in [0.1, 0.15) is 0 Å². The molecule has 0 radical (unpaired) electrons. The van der Waals surface area contributed by atoms with Gasteiger partial charge >= 0.3 is 0 Å². The van der Waals surface area contributed by atoms with Crippen molar-refractivity contribution < 1.29 is 0 Å². The van der Waals surface area contributed by atoms with Crippen LogP contribution in [0.5, 0.6) is 0 Å². The van der Waals surface area contributed by atoms with E-state index in [1.54, 1.807) is 0 Å². The van der Waals surface area contributed by atoms with Crippen molar-refractivity contribution in [3.63, 3.8) is 0 Å². The molecule has 0 unspecified atom stereocenters. The molecule has 0 aliphatic rings. The maximum Gasteiger partial charge on any atom is 0.164 e. The Kier molecular flexibility index (Phi) is 7.14. The van der Waals surface area contributed by atoms with Gasteiger partial charge in [-0.2, -0.15) is 0 Å². The van der Waals surface area contributed by atoms with E-state index in [4.69, 9.17) is 15.0 Å². The highest BCUT2D eigenvalue weighted by Gasteiger charge is 2.15. The molecule has 3 heteroatoms. The molecule has 0 atom stereocenters. The molecule has 242 valence electrons. The Morgan fingerprint density at radius 2 is 0.712 bits per heavy atom. The molecule has 3 nitrogen and oxygen atoms in total. The molecule has 1 heterocycles. The second kappa shape index (κ2) is 12.4. The summed E-state index contributed by atoms with van der Waals surface area (Å²) in [6.45, 7) is 0. The van der Waals surface area contributed by atoms with Crippen LogP contribution in [0.25, 0.3) is 99.5 Å². The summed E-state index contributed by atoms with van der Waals surface area (Å²) in [5.41, 5.74) is 7.45. The lowest BCUT2D eigenvalue weighted by Gasteiger charge is -2.12. The van der Waals surface area contributed by atoms with Crippen LogP contribution >= 0.6 is 0 Å². The van der Waals surface area contributed by atoms with E-state index in [0.29, 0.717) is 17.5 Å². The molecule has 1 aromatic heterocycles. The summed E-state index contributed by atoms with van der Waals surface area (Å²) in [6.07, 6.45) is 0. The fraction of sp³-hybridized carbons (Fsp3) is 0. The van der Waals surface area contributed by atoms with Gasteiger partial charge in [-0.3, -0.25) is 0 Å². The molecule has 0 aliphatic carbocycles. The van der Waals surface area contributed by atoms with Gasteiger partial charge < -0.3 is 0 Å². The number of aromatic nitrogens is 3. The molecule has 0 saturated heterocycles. The van der Waals surface area contributed by atoms with Crippen LogP contribution in [0.4, 0.5) is 0 Å². The SMILES string of the molecule is c1ccc(-c2cccc(-c3nc(-c4ccc(-c5cccc6ccccc56)cc4)nc(-c4ccc5ccc6c7ccccc7ccc6c5c4)n3)c2)cc1. The molecular formula is C49H31N3. The fourth-order valence-corrected chi connectivity index (χ4v) is 7.46. The largest absolute Gasteiger partial charge is 0.208 e. The van der Waals surface area contributed by atoms with Crippen LogP contribution < -0.4 is 0 Å². The van der Waals surface area contributed by atoms with Crippen LogP contribution in [-0.2, 0) is 0 Å². The first-order chi connectivity index (χ1) is 25.7. The van der Waals surface area contributed by atoms with Crippen molar-refractivity contribution >= 4 is 43.1 Å². The summed E-state index contributed by atoms with van der Waals surface area (Å²) in [7, 11) is 0. The Hall–Kier alpha value is -6.97. The molecule has 0 aliphatic heterocycles. The first-order valence-electron chi connectivity index (χ1n) is 17.6. The summed E-state index contributed by atoms with van der Waals surface area (Å²) in [5, 5.41) is 9.76. The van der Waals surface area contributed by atoms with E-state index < -0.39 is 0 Å². The predicted octanol–water partition coefficient (Wildman–Crippen LogP) is 12.8. The van der Waals surface area contributed by atoms with Gasteiger partial charge in [-0.1, -0.05) is 176 Å². The number of benzene rings is 9. The van der Waals surface area contributed by atoms with Crippen molar-refractivity contribution in [3.05, 3.63) is 188 Å². The highest BCUT2D eigenvalue weighted by Crippen LogP contribution is 2.35. The summed E-state index contributed by atoms with van der Waals surface area (Å²) >= 11 is 0. The van der Waals surface area contributed by atoms with Crippen LogP contribution in [-0.4, -0.2) is 15.0 Å². The topological polar surface area (TPSA) is 38.7 Å². The lowest BCUT2D eigenvalue weighted by atomic mass is 9.96. The monoisotopic (exact) mass is 661 g/mol. The minimum absolute atomic E-state index is 0.638. The van der Waals surface area contributed by atoms with Gasteiger partial charge in [0.2, 0.25) is 0 Å². The molecular weight excluding hydrogens is 631 g/mol. The van der Waals surface area contributed by atoms with Crippen LogP contribution in [0.15, 0.2) is 188 Å². The van der Waals surface area contributed by atoms with Gasteiger partial charge in [0.05, 0.1) is 0 Å². The first kappa shape index (κ1) is 29.9. The minimum Gasteiger partial charge on any atom is -0.208 e.